The maximum Gasteiger partial charge on any atom is 0.251 e. The molecule has 25 heavy (non-hydrogen) atoms. The van der Waals surface area contributed by atoms with Gasteiger partial charge < -0.3 is 19.0 Å². The van der Waals surface area contributed by atoms with Crippen molar-refractivity contribution in [2.45, 2.75) is 12.7 Å². The monoisotopic (exact) mass is 344 g/mol. The van der Waals surface area contributed by atoms with Crippen LogP contribution in [0.1, 0.15) is 5.56 Å². The fraction of sp³-hybridized carbons (Fsp3) is 0.222. The van der Waals surface area contributed by atoms with E-state index in [4.69, 9.17) is 13.9 Å². The van der Waals surface area contributed by atoms with Crippen LogP contribution in [0.25, 0.3) is 11.5 Å². The van der Waals surface area contributed by atoms with Crippen LogP contribution in [0.3, 0.4) is 0 Å². The zero-order valence-electron chi connectivity index (χ0n) is 13.3. The number of nitrogens with zero attached hydrogens (tertiary/aromatic N) is 2. The molecule has 0 spiro atoms. The first kappa shape index (κ1) is 17.1. The molecule has 0 amide bonds. The lowest BCUT2D eigenvalue weighted by Crippen LogP contribution is -2.23. The summed E-state index contributed by atoms with van der Waals surface area (Å²) >= 11 is 0. The molecule has 0 bridgehead atoms. The van der Waals surface area contributed by atoms with E-state index in [0.717, 1.165) is 0 Å². The summed E-state index contributed by atoms with van der Waals surface area (Å²) in [5.74, 6) is 0.516. The molecular formula is C18H17FN2O4. The minimum absolute atomic E-state index is 0.0163. The summed E-state index contributed by atoms with van der Waals surface area (Å²) in [5, 5.41) is 17.5. The Labute approximate surface area is 143 Å². The van der Waals surface area contributed by atoms with Crippen LogP contribution in [0, 0.1) is 5.82 Å². The molecule has 1 atom stereocenters. The van der Waals surface area contributed by atoms with Crippen molar-refractivity contribution in [3.8, 4) is 17.2 Å². The third-order valence-electron chi connectivity index (χ3n) is 3.43. The Morgan fingerprint density at radius 2 is 1.88 bits per heavy atom. The number of rotatable bonds is 8. The van der Waals surface area contributed by atoms with Crippen molar-refractivity contribution in [1.82, 2.24) is 10.2 Å². The fourth-order valence-corrected chi connectivity index (χ4v) is 2.21. The van der Waals surface area contributed by atoms with Crippen molar-refractivity contribution in [2.24, 2.45) is 0 Å². The predicted molar refractivity (Wildman–Crippen MR) is 87.3 cm³/mol. The first-order chi connectivity index (χ1) is 12.2. The van der Waals surface area contributed by atoms with Crippen molar-refractivity contribution in [3.05, 3.63) is 66.3 Å². The molecular weight excluding hydrogens is 327 g/mol. The molecule has 0 saturated carbocycles. The Balaban J connectivity index is 1.50. The number of halogens is 1. The van der Waals surface area contributed by atoms with Crippen LogP contribution in [0.4, 0.5) is 4.39 Å². The highest BCUT2D eigenvalue weighted by Gasteiger charge is 2.13. The molecule has 0 fully saturated rings. The van der Waals surface area contributed by atoms with E-state index in [1.807, 2.05) is 6.07 Å². The van der Waals surface area contributed by atoms with E-state index < -0.39 is 6.10 Å². The van der Waals surface area contributed by atoms with E-state index in [1.165, 1.54) is 12.5 Å². The summed E-state index contributed by atoms with van der Waals surface area (Å²) in [6, 6.07) is 13.5. The van der Waals surface area contributed by atoms with Gasteiger partial charge in [0, 0.05) is 5.56 Å². The molecule has 1 N–H and O–H groups in total. The van der Waals surface area contributed by atoms with Crippen LogP contribution in [0.15, 0.2) is 59.3 Å². The summed E-state index contributed by atoms with van der Waals surface area (Å²) < 4.78 is 29.6. The van der Waals surface area contributed by atoms with Crippen LogP contribution in [0.2, 0.25) is 0 Å². The second-order valence-corrected chi connectivity index (χ2v) is 5.31. The smallest absolute Gasteiger partial charge is 0.251 e. The molecule has 0 saturated heterocycles. The van der Waals surface area contributed by atoms with Crippen molar-refractivity contribution in [3.63, 3.8) is 0 Å². The summed E-state index contributed by atoms with van der Waals surface area (Å²) in [5.41, 5.74) is 1.08. The van der Waals surface area contributed by atoms with E-state index in [1.54, 1.807) is 36.4 Å². The molecule has 0 aliphatic rings. The minimum Gasteiger partial charge on any atom is -0.490 e. The van der Waals surface area contributed by atoms with Gasteiger partial charge in [0.15, 0.2) is 0 Å². The van der Waals surface area contributed by atoms with E-state index in [-0.39, 0.29) is 25.6 Å². The van der Waals surface area contributed by atoms with Gasteiger partial charge in [-0.25, -0.2) is 4.39 Å². The summed E-state index contributed by atoms with van der Waals surface area (Å²) in [7, 11) is 0. The van der Waals surface area contributed by atoms with Crippen molar-refractivity contribution >= 4 is 0 Å². The highest BCUT2D eigenvalue weighted by Crippen LogP contribution is 2.27. The Kier molecular flexibility index (Phi) is 5.71. The maximum absolute atomic E-state index is 13.5. The highest BCUT2D eigenvalue weighted by atomic mass is 19.1. The molecule has 1 heterocycles. The number of hydrogen-bond acceptors (Lipinski definition) is 6. The molecule has 0 aliphatic carbocycles. The Bertz CT molecular complexity index is 795. The quantitative estimate of drug-likeness (QED) is 0.677. The number of ether oxygens (including phenoxy) is 2. The van der Waals surface area contributed by atoms with Crippen molar-refractivity contribution in [2.75, 3.05) is 13.2 Å². The number of aromatic nitrogens is 2. The second-order valence-electron chi connectivity index (χ2n) is 5.31. The zero-order chi connectivity index (χ0) is 17.5. The molecule has 1 aromatic heterocycles. The molecule has 130 valence electrons. The van der Waals surface area contributed by atoms with Gasteiger partial charge in [-0.1, -0.05) is 30.3 Å². The van der Waals surface area contributed by atoms with Crippen molar-refractivity contribution < 1.29 is 23.4 Å². The number of benzene rings is 2. The van der Waals surface area contributed by atoms with Gasteiger partial charge in [-0.3, -0.25) is 0 Å². The first-order valence-corrected chi connectivity index (χ1v) is 7.71. The molecule has 0 aliphatic heterocycles. The van der Waals surface area contributed by atoms with Crippen LogP contribution in [-0.4, -0.2) is 34.6 Å². The Hall–Kier alpha value is -2.77. The molecule has 3 rings (SSSR count). The average Bonchev–Trinajstić information content (AvgIpc) is 3.16. The SMILES string of the molecule is OC(COCc1ccccc1F)COc1ccccc1-c1nnco1. The largest absolute Gasteiger partial charge is 0.490 e. The van der Waals surface area contributed by atoms with E-state index >= 15 is 0 Å². The van der Waals surface area contributed by atoms with Gasteiger partial charge in [0.2, 0.25) is 6.39 Å². The molecule has 1 unspecified atom stereocenters. The second kappa shape index (κ2) is 8.36. The molecule has 0 radical (unpaired) electrons. The number of aliphatic hydroxyl groups excluding tert-OH is 1. The lowest BCUT2D eigenvalue weighted by atomic mass is 10.2. The van der Waals surface area contributed by atoms with Crippen LogP contribution in [0.5, 0.6) is 5.75 Å². The van der Waals surface area contributed by atoms with Gasteiger partial charge in [-0.2, -0.15) is 0 Å². The summed E-state index contributed by atoms with van der Waals surface area (Å²) in [6.45, 7) is 0.127. The molecule has 7 heteroatoms. The third-order valence-corrected chi connectivity index (χ3v) is 3.43. The van der Waals surface area contributed by atoms with Crippen LogP contribution in [-0.2, 0) is 11.3 Å². The van der Waals surface area contributed by atoms with Gasteiger partial charge in [0.05, 0.1) is 18.8 Å². The average molecular weight is 344 g/mol. The molecule has 2 aromatic carbocycles. The van der Waals surface area contributed by atoms with Gasteiger partial charge >= 0.3 is 0 Å². The zero-order valence-corrected chi connectivity index (χ0v) is 13.3. The van der Waals surface area contributed by atoms with Gasteiger partial charge in [-0.15, -0.1) is 10.2 Å². The van der Waals surface area contributed by atoms with E-state index in [0.29, 0.717) is 22.8 Å². The Morgan fingerprint density at radius 1 is 1.08 bits per heavy atom. The van der Waals surface area contributed by atoms with Gasteiger partial charge in [0.25, 0.3) is 5.89 Å². The fourth-order valence-electron chi connectivity index (χ4n) is 2.21. The predicted octanol–water partition coefficient (Wildman–Crippen LogP) is 2.83. The van der Waals surface area contributed by atoms with Crippen LogP contribution >= 0.6 is 0 Å². The number of para-hydroxylation sites is 1. The topological polar surface area (TPSA) is 77.6 Å². The summed E-state index contributed by atoms with van der Waals surface area (Å²) in [4.78, 5) is 0. The standard InChI is InChI=1S/C18H17FN2O4/c19-16-7-3-1-5-13(16)9-23-10-14(22)11-24-17-8-4-2-6-15(17)18-21-20-12-25-18/h1-8,12,14,22H,9-11H2. The normalized spacial score (nSPS) is 12.1. The summed E-state index contributed by atoms with van der Waals surface area (Å²) in [6.07, 6.45) is 0.375. The molecule has 6 nitrogen and oxygen atoms in total. The van der Waals surface area contributed by atoms with Crippen LogP contribution < -0.4 is 4.74 Å². The maximum atomic E-state index is 13.5. The van der Waals surface area contributed by atoms with E-state index in [9.17, 15) is 9.50 Å². The molecule has 3 aromatic rings. The van der Waals surface area contributed by atoms with Gasteiger partial charge in [-0.05, 0) is 18.2 Å². The minimum atomic E-state index is -0.859. The third kappa shape index (κ3) is 4.62. The van der Waals surface area contributed by atoms with E-state index in [2.05, 4.69) is 10.2 Å². The van der Waals surface area contributed by atoms with Gasteiger partial charge in [0.1, 0.15) is 24.3 Å². The Morgan fingerprint density at radius 3 is 2.68 bits per heavy atom. The highest BCUT2D eigenvalue weighted by molar-refractivity contribution is 5.62. The lowest BCUT2D eigenvalue weighted by Gasteiger charge is -2.14. The first-order valence-electron chi connectivity index (χ1n) is 7.71. The lowest BCUT2D eigenvalue weighted by molar-refractivity contribution is 0.00484. The number of hydrogen-bond donors (Lipinski definition) is 1. The van der Waals surface area contributed by atoms with Crippen molar-refractivity contribution in [1.29, 1.82) is 0 Å². The number of aliphatic hydroxyl groups is 1.